The van der Waals surface area contributed by atoms with Gasteiger partial charge >= 0.3 is 0 Å². The van der Waals surface area contributed by atoms with Crippen molar-refractivity contribution in [1.82, 2.24) is 9.29 Å². The summed E-state index contributed by atoms with van der Waals surface area (Å²) in [6.45, 7) is 1.16. The molecule has 7 heteroatoms. The van der Waals surface area contributed by atoms with E-state index in [2.05, 4.69) is 4.98 Å². The van der Waals surface area contributed by atoms with Crippen LogP contribution >= 0.6 is 0 Å². The Hall–Kier alpha value is -1.15. The standard InChI is InChI=1S/C12H18N2O4S/c1-18-9-10-2-4-14(5-3-10)19(16,17)12-6-11(8-15)13-7-12/h2,6-7,13,15H,3-5,8-9H2,1H3. The number of aromatic nitrogens is 1. The molecule has 0 aliphatic carbocycles. The van der Waals surface area contributed by atoms with Crippen molar-refractivity contribution in [2.24, 2.45) is 0 Å². The quantitative estimate of drug-likeness (QED) is 0.771. The summed E-state index contributed by atoms with van der Waals surface area (Å²) in [5.74, 6) is 0. The zero-order chi connectivity index (χ0) is 13.9. The van der Waals surface area contributed by atoms with Crippen molar-refractivity contribution in [3.63, 3.8) is 0 Å². The number of aromatic amines is 1. The van der Waals surface area contributed by atoms with Crippen molar-refractivity contribution in [2.45, 2.75) is 17.9 Å². The summed E-state index contributed by atoms with van der Waals surface area (Å²) in [5.41, 5.74) is 1.62. The largest absolute Gasteiger partial charge is 0.390 e. The number of hydrogen-bond donors (Lipinski definition) is 2. The molecule has 0 unspecified atom stereocenters. The molecule has 0 fully saturated rings. The van der Waals surface area contributed by atoms with Gasteiger partial charge in [-0.3, -0.25) is 0 Å². The topological polar surface area (TPSA) is 82.6 Å². The van der Waals surface area contributed by atoms with E-state index < -0.39 is 10.0 Å². The molecule has 0 amide bonds. The van der Waals surface area contributed by atoms with Crippen molar-refractivity contribution >= 4 is 10.0 Å². The molecule has 6 nitrogen and oxygen atoms in total. The Bertz CT molecular complexity index is 562. The predicted octanol–water partition coefficient (Wildman–Crippen LogP) is 0.474. The summed E-state index contributed by atoms with van der Waals surface area (Å²) in [6, 6.07) is 1.46. The van der Waals surface area contributed by atoms with Crippen LogP contribution in [-0.2, 0) is 21.4 Å². The molecular formula is C12H18N2O4S. The van der Waals surface area contributed by atoms with Crippen molar-refractivity contribution in [2.75, 3.05) is 26.8 Å². The van der Waals surface area contributed by atoms with Gasteiger partial charge in [-0.25, -0.2) is 8.42 Å². The van der Waals surface area contributed by atoms with Gasteiger partial charge in [0.1, 0.15) is 0 Å². The first kappa shape index (κ1) is 14.3. The lowest BCUT2D eigenvalue weighted by Gasteiger charge is -2.25. The van der Waals surface area contributed by atoms with Gasteiger partial charge in [0.05, 0.1) is 18.1 Å². The first-order valence-electron chi connectivity index (χ1n) is 6.03. The molecule has 0 saturated heterocycles. The fourth-order valence-electron chi connectivity index (χ4n) is 2.04. The normalized spacial score (nSPS) is 17.5. The second kappa shape index (κ2) is 5.87. The minimum atomic E-state index is -3.48. The van der Waals surface area contributed by atoms with Crippen molar-refractivity contribution in [3.05, 3.63) is 29.6 Å². The minimum absolute atomic E-state index is 0.195. The molecule has 2 N–H and O–H groups in total. The smallest absolute Gasteiger partial charge is 0.244 e. The van der Waals surface area contributed by atoms with Gasteiger partial charge in [-0.1, -0.05) is 6.08 Å². The van der Waals surface area contributed by atoms with Crippen LogP contribution in [-0.4, -0.2) is 49.6 Å². The van der Waals surface area contributed by atoms with E-state index in [1.807, 2.05) is 6.08 Å². The number of H-pyrrole nitrogens is 1. The van der Waals surface area contributed by atoms with E-state index in [1.54, 1.807) is 7.11 Å². The monoisotopic (exact) mass is 286 g/mol. The van der Waals surface area contributed by atoms with Gasteiger partial charge in [0, 0.05) is 32.1 Å². The zero-order valence-electron chi connectivity index (χ0n) is 10.8. The summed E-state index contributed by atoms with van der Waals surface area (Å²) in [6.07, 6.45) is 3.99. The van der Waals surface area contributed by atoms with Crippen LogP contribution in [0.4, 0.5) is 0 Å². The lowest BCUT2D eigenvalue weighted by molar-refractivity contribution is 0.219. The van der Waals surface area contributed by atoms with Crippen LogP contribution in [0.3, 0.4) is 0 Å². The molecule has 1 aliphatic rings. The maximum atomic E-state index is 12.3. The van der Waals surface area contributed by atoms with Gasteiger partial charge in [-0.2, -0.15) is 4.31 Å². The highest BCUT2D eigenvalue weighted by Crippen LogP contribution is 2.21. The number of ether oxygens (including phenoxy) is 1. The molecule has 0 radical (unpaired) electrons. The second-order valence-corrected chi connectivity index (χ2v) is 6.37. The molecular weight excluding hydrogens is 268 g/mol. The highest BCUT2D eigenvalue weighted by molar-refractivity contribution is 7.89. The van der Waals surface area contributed by atoms with Crippen molar-refractivity contribution in [1.29, 1.82) is 0 Å². The molecule has 2 rings (SSSR count). The Labute approximate surface area is 112 Å². The molecule has 0 atom stereocenters. The van der Waals surface area contributed by atoms with E-state index in [0.29, 0.717) is 31.8 Å². The van der Waals surface area contributed by atoms with Crippen LogP contribution in [0, 0.1) is 0 Å². The average molecular weight is 286 g/mol. The number of nitrogens with one attached hydrogen (secondary N) is 1. The molecule has 106 valence electrons. The summed E-state index contributed by atoms with van der Waals surface area (Å²) >= 11 is 0. The summed E-state index contributed by atoms with van der Waals surface area (Å²) < 4.78 is 31.2. The average Bonchev–Trinajstić information content (AvgIpc) is 2.89. The predicted molar refractivity (Wildman–Crippen MR) is 70.1 cm³/mol. The second-order valence-electron chi connectivity index (χ2n) is 4.43. The molecule has 0 bridgehead atoms. The van der Waals surface area contributed by atoms with Crippen LogP contribution in [0.1, 0.15) is 12.1 Å². The van der Waals surface area contributed by atoms with E-state index in [1.165, 1.54) is 16.6 Å². The van der Waals surface area contributed by atoms with E-state index in [0.717, 1.165) is 5.57 Å². The van der Waals surface area contributed by atoms with Crippen LogP contribution < -0.4 is 0 Å². The van der Waals surface area contributed by atoms with Crippen molar-refractivity contribution in [3.8, 4) is 0 Å². The Kier molecular flexibility index (Phi) is 4.41. The molecule has 19 heavy (non-hydrogen) atoms. The highest BCUT2D eigenvalue weighted by atomic mass is 32.2. The SMILES string of the molecule is COCC1=CCN(S(=O)(=O)c2c[nH]c(CO)c2)CC1. The molecule has 0 aromatic carbocycles. The number of rotatable bonds is 5. The molecule has 1 aliphatic heterocycles. The van der Waals surface area contributed by atoms with E-state index in [4.69, 9.17) is 9.84 Å². The lowest BCUT2D eigenvalue weighted by Crippen LogP contribution is -2.35. The summed E-state index contributed by atoms with van der Waals surface area (Å²) in [5, 5.41) is 8.96. The van der Waals surface area contributed by atoms with Crippen LogP contribution in [0.25, 0.3) is 0 Å². The first-order valence-corrected chi connectivity index (χ1v) is 7.47. The van der Waals surface area contributed by atoms with Crippen molar-refractivity contribution < 1.29 is 18.3 Å². The maximum Gasteiger partial charge on any atom is 0.244 e. The molecule has 0 saturated carbocycles. The Balaban J connectivity index is 2.13. The fourth-order valence-corrected chi connectivity index (χ4v) is 3.44. The van der Waals surface area contributed by atoms with Gasteiger partial charge < -0.3 is 14.8 Å². The lowest BCUT2D eigenvalue weighted by atomic mass is 10.1. The Morgan fingerprint density at radius 1 is 1.53 bits per heavy atom. The first-order chi connectivity index (χ1) is 9.07. The number of methoxy groups -OCH3 is 1. The maximum absolute atomic E-state index is 12.3. The van der Waals surface area contributed by atoms with Crippen LogP contribution in [0.15, 0.2) is 28.8 Å². The molecule has 1 aromatic rings. The summed E-state index contributed by atoms with van der Waals surface area (Å²) in [7, 11) is -1.86. The number of sulfonamides is 1. The Morgan fingerprint density at radius 3 is 2.84 bits per heavy atom. The number of hydrogen-bond acceptors (Lipinski definition) is 4. The number of aliphatic hydroxyl groups is 1. The number of aliphatic hydroxyl groups excluding tert-OH is 1. The van der Waals surface area contributed by atoms with Gasteiger partial charge in [0.15, 0.2) is 0 Å². The van der Waals surface area contributed by atoms with E-state index in [9.17, 15) is 8.42 Å². The highest BCUT2D eigenvalue weighted by Gasteiger charge is 2.26. The summed E-state index contributed by atoms with van der Waals surface area (Å²) in [4.78, 5) is 2.93. The Morgan fingerprint density at radius 2 is 2.32 bits per heavy atom. The molecule has 1 aromatic heterocycles. The van der Waals surface area contributed by atoms with Gasteiger partial charge in [-0.05, 0) is 18.1 Å². The zero-order valence-corrected chi connectivity index (χ0v) is 11.6. The minimum Gasteiger partial charge on any atom is -0.390 e. The molecule has 2 heterocycles. The van der Waals surface area contributed by atoms with Gasteiger partial charge in [-0.15, -0.1) is 0 Å². The fraction of sp³-hybridized carbons (Fsp3) is 0.500. The molecule has 0 spiro atoms. The number of nitrogens with zero attached hydrogens (tertiary/aromatic N) is 1. The van der Waals surface area contributed by atoms with Gasteiger partial charge in [0.2, 0.25) is 10.0 Å². The van der Waals surface area contributed by atoms with Crippen LogP contribution in [0.5, 0.6) is 0 Å². The third kappa shape index (κ3) is 3.06. The van der Waals surface area contributed by atoms with Gasteiger partial charge in [0.25, 0.3) is 0 Å². The van der Waals surface area contributed by atoms with E-state index >= 15 is 0 Å². The third-order valence-corrected chi connectivity index (χ3v) is 4.96. The van der Waals surface area contributed by atoms with Crippen LogP contribution in [0.2, 0.25) is 0 Å². The third-order valence-electron chi connectivity index (χ3n) is 3.12. The van der Waals surface area contributed by atoms with E-state index in [-0.39, 0.29) is 11.5 Å².